The van der Waals surface area contributed by atoms with E-state index in [-0.39, 0.29) is 12.3 Å². The minimum atomic E-state index is -1.14. The lowest BCUT2D eigenvalue weighted by Crippen LogP contribution is -2.48. The minimum Gasteiger partial charge on any atom is -0.481 e. The average Bonchev–Trinajstić information content (AvgIpc) is 2.20. The van der Waals surface area contributed by atoms with Crippen molar-refractivity contribution in [2.75, 3.05) is 6.54 Å². The molecule has 0 aliphatic carbocycles. The zero-order valence-corrected chi connectivity index (χ0v) is 13.1. The van der Waals surface area contributed by atoms with E-state index in [1.54, 1.807) is 34.6 Å². The molecule has 0 radical (unpaired) electrons. The summed E-state index contributed by atoms with van der Waals surface area (Å²) in [5.74, 6) is -2.11. The number of carboxylic acid groups (broad SMARTS) is 1. The third kappa shape index (κ3) is 8.83. The van der Waals surface area contributed by atoms with Crippen molar-refractivity contribution in [1.82, 2.24) is 5.32 Å². The second kappa shape index (κ2) is 7.80. The molecule has 0 bridgehead atoms. The van der Waals surface area contributed by atoms with Crippen molar-refractivity contribution >= 4 is 12.1 Å². The van der Waals surface area contributed by atoms with Crippen molar-refractivity contribution in [3.8, 4) is 0 Å². The average molecular weight is 304 g/mol. The van der Waals surface area contributed by atoms with Crippen LogP contribution in [0.3, 0.4) is 0 Å². The zero-order chi connectivity index (χ0) is 16.8. The molecule has 2 atom stereocenters. The van der Waals surface area contributed by atoms with Crippen molar-refractivity contribution in [3.63, 3.8) is 0 Å². The number of rotatable bonds is 7. The van der Waals surface area contributed by atoms with E-state index >= 15 is 0 Å². The standard InChI is InChI=1S/C13H24N2O6/c1-8(2)11(14-12(18)21-13(3,4)5)9(6-10(16)17)7-15(19)20/h8-9,11H,6-7H2,1-5H3,(H,14,18)(H,16,17)/t9-,11+/m1/s1. The number of nitrogens with zero attached hydrogens (tertiary/aromatic N) is 1. The lowest BCUT2D eigenvalue weighted by atomic mass is 9.88. The largest absolute Gasteiger partial charge is 0.481 e. The molecule has 1 amide bonds. The molecule has 0 unspecified atom stereocenters. The fourth-order valence-corrected chi connectivity index (χ4v) is 1.99. The Morgan fingerprint density at radius 1 is 1.33 bits per heavy atom. The van der Waals surface area contributed by atoms with Crippen LogP contribution in [0.15, 0.2) is 0 Å². The van der Waals surface area contributed by atoms with E-state index in [0.29, 0.717) is 0 Å². The monoisotopic (exact) mass is 304 g/mol. The Labute approximate surface area is 124 Å². The Hall–Kier alpha value is -1.86. The summed E-state index contributed by atoms with van der Waals surface area (Å²) >= 11 is 0. The number of ether oxygens (including phenoxy) is 1. The van der Waals surface area contributed by atoms with Gasteiger partial charge in [-0.05, 0) is 26.7 Å². The molecule has 0 heterocycles. The summed E-state index contributed by atoms with van der Waals surface area (Å²) in [6.07, 6.45) is -1.10. The first-order valence-electron chi connectivity index (χ1n) is 6.75. The number of nitrogens with one attached hydrogen (secondary N) is 1. The van der Waals surface area contributed by atoms with Crippen molar-refractivity contribution < 1.29 is 24.4 Å². The highest BCUT2D eigenvalue weighted by Gasteiger charge is 2.33. The first-order valence-corrected chi connectivity index (χ1v) is 6.75. The van der Waals surface area contributed by atoms with E-state index in [1.807, 2.05) is 0 Å². The van der Waals surface area contributed by atoms with Gasteiger partial charge in [0.1, 0.15) is 5.60 Å². The maximum absolute atomic E-state index is 11.8. The number of hydrogen-bond donors (Lipinski definition) is 2. The molecule has 0 aromatic carbocycles. The summed E-state index contributed by atoms with van der Waals surface area (Å²) in [6, 6.07) is -0.652. The topological polar surface area (TPSA) is 119 Å². The van der Waals surface area contributed by atoms with Gasteiger partial charge >= 0.3 is 12.1 Å². The Kier molecular flexibility index (Phi) is 7.11. The molecule has 0 aliphatic heterocycles. The van der Waals surface area contributed by atoms with E-state index in [0.717, 1.165) is 0 Å². The molecule has 0 aliphatic rings. The predicted octanol–water partition coefficient (Wildman–Crippen LogP) is 1.90. The molecule has 2 N–H and O–H groups in total. The summed E-state index contributed by atoms with van der Waals surface area (Å²) < 4.78 is 5.11. The molecule has 0 saturated heterocycles. The van der Waals surface area contributed by atoms with Gasteiger partial charge in [-0.25, -0.2) is 4.79 Å². The molecule has 0 spiro atoms. The van der Waals surface area contributed by atoms with Gasteiger partial charge in [-0.3, -0.25) is 14.9 Å². The second-order valence-electron chi connectivity index (χ2n) is 6.29. The highest BCUT2D eigenvalue weighted by Crippen LogP contribution is 2.18. The summed E-state index contributed by atoms with van der Waals surface area (Å²) in [5.41, 5.74) is -0.697. The molecule has 8 nitrogen and oxygen atoms in total. The SMILES string of the molecule is CC(C)[C@H](NC(=O)OC(C)(C)C)[C@H](CC(=O)O)C[N+](=O)[O-]. The van der Waals surface area contributed by atoms with Crippen LogP contribution in [0.2, 0.25) is 0 Å². The Bertz CT molecular complexity index is 373. The van der Waals surface area contributed by atoms with Crippen molar-refractivity contribution in [1.29, 1.82) is 0 Å². The molecular weight excluding hydrogens is 280 g/mol. The smallest absolute Gasteiger partial charge is 0.407 e. The number of hydrogen-bond acceptors (Lipinski definition) is 5. The summed E-state index contributed by atoms with van der Waals surface area (Å²) in [4.78, 5) is 32.8. The van der Waals surface area contributed by atoms with Crippen LogP contribution in [0.1, 0.15) is 41.0 Å². The fourth-order valence-electron chi connectivity index (χ4n) is 1.99. The van der Waals surface area contributed by atoms with Crippen LogP contribution in [0, 0.1) is 22.0 Å². The quantitative estimate of drug-likeness (QED) is 0.547. The van der Waals surface area contributed by atoms with E-state index in [2.05, 4.69) is 5.32 Å². The Balaban J connectivity index is 5.00. The van der Waals surface area contributed by atoms with Gasteiger partial charge < -0.3 is 15.2 Å². The molecule has 0 fully saturated rings. The van der Waals surface area contributed by atoms with Gasteiger partial charge in [0.25, 0.3) is 0 Å². The molecule has 122 valence electrons. The summed E-state index contributed by atoms with van der Waals surface area (Å²) in [6.45, 7) is 8.09. The first-order chi connectivity index (χ1) is 9.42. The van der Waals surface area contributed by atoms with Gasteiger partial charge in [0.15, 0.2) is 0 Å². The molecule has 0 rings (SSSR count). The normalized spacial score (nSPS) is 14.4. The third-order valence-electron chi connectivity index (χ3n) is 2.73. The summed E-state index contributed by atoms with van der Waals surface area (Å²) in [5, 5.41) is 22.1. The van der Waals surface area contributed by atoms with E-state index in [9.17, 15) is 19.7 Å². The first kappa shape index (κ1) is 19.1. The number of carbonyl (C=O) groups excluding carboxylic acids is 1. The van der Waals surface area contributed by atoms with Crippen LogP contribution in [0.4, 0.5) is 4.79 Å². The van der Waals surface area contributed by atoms with Gasteiger partial charge in [-0.1, -0.05) is 13.8 Å². The number of nitro groups is 1. The van der Waals surface area contributed by atoms with Crippen LogP contribution >= 0.6 is 0 Å². The number of amides is 1. The van der Waals surface area contributed by atoms with Gasteiger partial charge in [0.05, 0.1) is 12.3 Å². The zero-order valence-electron chi connectivity index (χ0n) is 13.1. The lowest BCUT2D eigenvalue weighted by molar-refractivity contribution is -0.489. The van der Waals surface area contributed by atoms with Gasteiger partial charge in [0, 0.05) is 11.0 Å². The highest BCUT2D eigenvalue weighted by molar-refractivity contribution is 5.69. The molecule has 0 saturated carbocycles. The number of aliphatic carboxylic acids is 1. The van der Waals surface area contributed by atoms with Gasteiger partial charge in [-0.2, -0.15) is 0 Å². The number of carbonyl (C=O) groups is 2. The van der Waals surface area contributed by atoms with E-state index < -0.39 is 41.1 Å². The molecule has 8 heteroatoms. The second-order valence-corrected chi connectivity index (χ2v) is 6.29. The Morgan fingerprint density at radius 3 is 2.19 bits per heavy atom. The number of alkyl carbamates (subject to hydrolysis) is 1. The van der Waals surface area contributed by atoms with Crippen LogP contribution in [-0.2, 0) is 9.53 Å². The minimum absolute atomic E-state index is 0.165. The number of carboxylic acids is 1. The molecule has 0 aromatic rings. The fraction of sp³-hybridized carbons (Fsp3) is 0.846. The van der Waals surface area contributed by atoms with E-state index in [1.165, 1.54) is 0 Å². The van der Waals surface area contributed by atoms with Crippen LogP contribution in [0.25, 0.3) is 0 Å². The predicted molar refractivity (Wildman–Crippen MR) is 75.6 cm³/mol. The van der Waals surface area contributed by atoms with Crippen LogP contribution < -0.4 is 5.32 Å². The highest BCUT2D eigenvalue weighted by atomic mass is 16.6. The van der Waals surface area contributed by atoms with Crippen LogP contribution in [-0.4, -0.2) is 40.3 Å². The molecular formula is C13H24N2O6. The van der Waals surface area contributed by atoms with Crippen molar-refractivity contribution in [3.05, 3.63) is 10.1 Å². The van der Waals surface area contributed by atoms with Gasteiger partial charge in [-0.15, -0.1) is 0 Å². The third-order valence-corrected chi connectivity index (χ3v) is 2.73. The summed E-state index contributed by atoms with van der Waals surface area (Å²) in [7, 11) is 0. The van der Waals surface area contributed by atoms with Crippen molar-refractivity contribution in [2.24, 2.45) is 11.8 Å². The van der Waals surface area contributed by atoms with Gasteiger partial charge in [0.2, 0.25) is 6.54 Å². The molecule has 21 heavy (non-hydrogen) atoms. The van der Waals surface area contributed by atoms with E-state index in [4.69, 9.17) is 9.84 Å². The maximum atomic E-state index is 11.8. The maximum Gasteiger partial charge on any atom is 0.407 e. The van der Waals surface area contributed by atoms with Crippen LogP contribution in [0.5, 0.6) is 0 Å². The molecule has 0 aromatic heterocycles. The Morgan fingerprint density at radius 2 is 1.86 bits per heavy atom. The van der Waals surface area contributed by atoms with Crippen molar-refractivity contribution in [2.45, 2.75) is 52.7 Å². The lowest BCUT2D eigenvalue weighted by Gasteiger charge is -2.29.